The molecule has 0 bridgehead atoms. The fraction of sp³-hybridized carbons (Fsp3) is 0.0417. The van der Waals surface area contributed by atoms with Gasteiger partial charge in [-0.15, -0.1) is 0 Å². The van der Waals surface area contributed by atoms with E-state index in [1.54, 1.807) is 6.07 Å². The third-order valence-corrected chi connectivity index (χ3v) is 5.22. The maximum atomic E-state index is 12.9. The lowest BCUT2D eigenvalue weighted by Crippen LogP contribution is -2.20. The number of hydrogen-bond donors (Lipinski definition) is 2. The van der Waals surface area contributed by atoms with E-state index in [9.17, 15) is 18.0 Å². The molecule has 5 aromatic carbocycles. The zero-order valence-electron chi connectivity index (χ0n) is 15.5. The van der Waals surface area contributed by atoms with E-state index in [4.69, 9.17) is 0 Å². The van der Waals surface area contributed by atoms with Gasteiger partial charge >= 0.3 is 12.2 Å². The number of anilines is 2. The molecule has 0 aliphatic carbocycles. The lowest BCUT2D eigenvalue weighted by Gasteiger charge is -2.15. The summed E-state index contributed by atoms with van der Waals surface area (Å²) in [6, 6.07) is 21.8. The molecule has 0 aliphatic rings. The average Bonchev–Trinajstić information content (AvgIpc) is 2.72. The summed E-state index contributed by atoms with van der Waals surface area (Å²) in [5.41, 5.74) is -0.159. The number of rotatable bonds is 2. The number of amides is 2. The lowest BCUT2D eigenvalue weighted by molar-refractivity contribution is -0.137. The molecule has 0 heterocycles. The normalized spacial score (nSPS) is 12.0. The number of urea groups is 1. The van der Waals surface area contributed by atoms with Crippen molar-refractivity contribution in [3.63, 3.8) is 0 Å². The van der Waals surface area contributed by atoms with Crippen molar-refractivity contribution in [2.24, 2.45) is 0 Å². The van der Waals surface area contributed by atoms with Crippen LogP contribution in [-0.4, -0.2) is 6.03 Å². The van der Waals surface area contributed by atoms with Gasteiger partial charge in [0.1, 0.15) is 0 Å². The van der Waals surface area contributed by atoms with E-state index in [1.165, 1.54) is 12.1 Å². The highest BCUT2D eigenvalue weighted by molar-refractivity contribution is 6.26. The van der Waals surface area contributed by atoms with Crippen LogP contribution in [0.2, 0.25) is 0 Å². The molecule has 6 heteroatoms. The van der Waals surface area contributed by atoms with Crippen molar-refractivity contribution in [3.05, 3.63) is 84.4 Å². The molecule has 0 aliphatic heterocycles. The summed E-state index contributed by atoms with van der Waals surface area (Å²) >= 11 is 0. The van der Waals surface area contributed by atoms with Gasteiger partial charge in [-0.05, 0) is 51.2 Å². The third kappa shape index (κ3) is 3.06. The molecule has 30 heavy (non-hydrogen) atoms. The summed E-state index contributed by atoms with van der Waals surface area (Å²) in [6.45, 7) is 0. The fourth-order valence-corrected chi connectivity index (χ4v) is 3.90. The Hall–Kier alpha value is -3.80. The van der Waals surface area contributed by atoms with Crippen LogP contribution in [0.3, 0.4) is 0 Å². The lowest BCUT2D eigenvalue weighted by atomic mass is 9.93. The Balaban J connectivity index is 1.50. The molecule has 3 nitrogen and oxygen atoms in total. The molecule has 2 amide bonds. The molecule has 0 radical (unpaired) electrons. The van der Waals surface area contributed by atoms with Crippen LogP contribution in [0.15, 0.2) is 78.9 Å². The predicted molar refractivity (Wildman–Crippen MR) is 114 cm³/mol. The topological polar surface area (TPSA) is 41.1 Å². The van der Waals surface area contributed by atoms with Gasteiger partial charge in [-0.3, -0.25) is 0 Å². The Morgan fingerprint density at radius 1 is 0.700 bits per heavy atom. The second-order valence-corrected chi connectivity index (χ2v) is 7.13. The molecule has 5 aromatic rings. The zero-order valence-corrected chi connectivity index (χ0v) is 15.5. The fourth-order valence-electron chi connectivity index (χ4n) is 3.90. The van der Waals surface area contributed by atoms with Crippen molar-refractivity contribution >= 4 is 49.7 Å². The van der Waals surface area contributed by atoms with E-state index >= 15 is 0 Å². The summed E-state index contributed by atoms with van der Waals surface area (Å²) < 4.78 is 38.7. The molecule has 5 rings (SSSR count). The number of hydrogen-bond acceptors (Lipinski definition) is 1. The minimum atomic E-state index is -4.47. The number of nitrogens with one attached hydrogen (secondary N) is 2. The molecular formula is C24H15F3N2O. The molecular weight excluding hydrogens is 389 g/mol. The van der Waals surface area contributed by atoms with Crippen molar-refractivity contribution in [1.29, 1.82) is 0 Å². The standard InChI is InChI=1S/C24H15F3N2O/c25-24(26,27)17-5-2-6-18(13-17)28-23(30)29-20-12-10-16-8-7-14-3-1-4-15-9-11-19(20)22(16)21(14)15/h1-13H,(H2,28,29,30). The smallest absolute Gasteiger partial charge is 0.308 e. The molecule has 0 unspecified atom stereocenters. The molecule has 0 saturated heterocycles. The third-order valence-electron chi connectivity index (χ3n) is 5.22. The first-order valence-electron chi connectivity index (χ1n) is 9.32. The van der Waals surface area contributed by atoms with E-state index < -0.39 is 17.8 Å². The molecule has 148 valence electrons. The van der Waals surface area contributed by atoms with Gasteiger partial charge in [0.2, 0.25) is 0 Å². The van der Waals surface area contributed by atoms with Gasteiger partial charge in [0.25, 0.3) is 0 Å². The number of carbonyl (C=O) groups is 1. The van der Waals surface area contributed by atoms with Crippen LogP contribution in [0.1, 0.15) is 5.56 Å². The van der Waals surface area contributed by atoms with Crippen LogP contribution < -0.4 is 10.6 Å². The Kier molecular flexibility index (Phi) is 4.03. The maximum absolute atomic E-state index is 12.9. The summed E-state index contributed by atoms with van der Waals surface area (Å²) in [4.78, 5) is 12.5. The van der Waals surface area contributed by atoms with Crippen LogP contribution in [0.4, 0.5) is 29.3 Å². The van der Waals surface area contributed by atoms with Crippen molar-refractivity contribution in [3.8, 4) is 0 Å². The Morgan fingerprint density at radius 3 is 2.07 bits per heavy atom. The summed E-state index contributed by atoms with van der Waals surface area (Å²) in [5, 5.41) is 11.6. The number of benzene rings is 5. The SMILES string of the molecule is O=C(Nc1cccc(C(F)(F)F)c1)Nc1ccc2ccc3cccc4ccc1c2c34. The highest BCUT2D eigenvalue weighted by Crippen LogP contribution is 2.37. The quantitative estimate of drug-likeness (QED) is 0.299. The minimum Gasteiger partial charge on any atom is -0.308 e. The number of carbonyl (C=O) groups excluding carboxylic acids is 1. The Labute approximate surface area is 169 Å². The summed E-state index contributed by atoms with van der Waals surface area (Å²) in [6.07, 6.45) is -4.47. The van der Waals surface area contributed by atoms with Gasteiger partial charge in [-0.2, -0.15) is 13.2 Å². The average molecular weight is 404 g/mol. The van der Waals surface area contributed by atoms with E-state index in [-0.39, 0.29) is 5.69 Å². The van der Waals surface area contributed by atoms with Crippen molar-refractivity contribution in [2.75, 3.05) is 10.6 Å². The van der Waals surface area contributed by atoms with Crippen LogP contribution in [0, 0.1) is 0 Å². The molecule has 0 fully saturated rings. The van der Waals surface area contributed by atoms with E-state index in [0.29, 0.717) is 5.69 Å². The molecule has 0 aromatic heterocycles. The summed E-state index contributed by atoms with van der Waals surface area (Å²) in [5.74, 6) is 0. The largest absolute Gasteiger partial charge is 0.416 e. The summed E-state index contributed by atoms with van der Waals surface area (Å²) in [7, 11) is 0. The van der Waals surface area contributed by atoms with Gasteiger partial charge in [0, 0.05) is 11.1 Å². The molecule has 0 saturated carbocycles. The highest BCUT2D eigenvalue weighted by atomic mass is 19.4. The highest BCUT2D eigenvalue weighted by Gasteiger charge is 2.30. The van der Waals surface area contributed by atoms with Gasteiger partial charge in [0.15, 0.2) is 0 Å². The van der Waals surface area contributed by atoms with E-state index in [0.717, 1.165) is 44.5 Å². The van der Waals surface area contributed by atoms with Gasteiger partial charge in [0.05, 0.1) is 11.3 Å². The van der Waals surface area contributed by atoms with Gasteiger partial charge < -0.3 is 10.6 Å². The molecule has 0 atom stereocenters. The first kappa shape index (κ1) is 18.2. The van der Waals surface area contributed by atoms with Crippen molar-refractivity contribution in [2.45, 2.75) is 6.18 Å². The second-order valence-electron chi connectivity index (χ2n) is 7.13. The number of alkyl halides is 3. The monoisotopic (exact) mass is 404 g/mol. The maximum Gasteiger partial charge on any atom is 0.416 e. The molecule has 2 N–H and O–H groups in total. The van der Waals surface area contributed by atoms with Crippen LogP contribution >= 0.6 is 0 Å². The first-order chi connectivity index (χ1) is 14.4. The molecule has 0 spiro atoms. The minimum absolute atomic E-state index is 0.0695. The number of halogens is 3. The first-order valence-corrected chi connectivity index (χ1v) is 9.32. The van der Waals surface area contributed by atoms with Gasteiger partial charge in [-0.25, -0.2) is 4.79 Å². The van der Waals surface area contributed by atoms with E-state index in [1.807, 2.05) is 42.5 Å². The van der Waals surface area contributed by atoms with Gasteiger partial charge in [-0.1, -0.05) is 54.6 Å². The van der Waals surface area contributed by atoms with E-state index in [2.05, 4.69) is 16.7 Å². The van der Waals surface area contributed by atoms with Crippen LogP contribution in [-0.2, 0) is 6.18 Å². The van der Waals surface area contributed by atoms with Crippen molar-refractivity contribution in [1.82, 2.24) is 0 Å². The van der Waals surface area contributed by atoms with Crippen LogP contribution in [0.25, 0.3) is 32.3 Å². The Bertz CT molecular complexity index is 1390. The zero-order chi connectivity index (χ0) is 20.9. The van der Waals surface area contributed by atoms with Crippen LogP contribution in [0.5, 0.6) is 0 Å². The van der Waals surface area contributed by atoms with Crippen molar-refractivity contribution < 1.29 is 18.0 Å². The second kappa shape index (κ2) is 6.62. The predicted octanol–water partition coefficient (Wildman–Crippen LogP) is 7.25. The Morgan fingerprint density at radius 2 is 1.33 bits per heavy atom.